The Labute approximate surface area is 225 Å². The number of carbonyl (C=O) groups excluding carboxylic acids is 1. The molecule has 1 aliphatic rings. The lowest BCUT2D eigenvalue weighted by Crippen LogP contribution is -2.38. The zero-order valence-electron chi connectivity index (χ0n) is 21.0. The molecule has 1 N–H and O–H groups in total. The van der Waals surface area contributed by atoms with Crippen molar-refractivity contribution in [1.82, 2.24) is 9.88 Å². The van der Waals surface area contributed by atoms with Crippen LogP contribution in [-0.2, 0) is 33.7 Å². The van der Waals surface area contributed by atoms with Crippen LogP contribution in [0, 0.1) is 6.92 Å². The second-order valence-corrected chi connectivity index (χ2v) is 11.7. The summed E-state index contributed by atoms with van der Waals surface area (Å²) in [6.07, 6.45) is 3.96. The Morgan fingerprint density at radius 2 is 1.62 bits per heavy atom. The Morgan fingerprint density at radius 1 is 1.00 bits per heavy atom. The first-order valence-corrected chi connectivity index (χ1v) is 15.1. The number of nitrogens with one attached hydrogen (secondary N) is 1. The largest absolute Gasteiger partial charge is 0.593 e. The zero-order valence-corrected chi connectivity index (χ0v) is 22.7. The summed E-state index contributed by atoms with van der Waals surface area (Å²) in [5, 5.41) is 4.25. The van der Waals surface area contributed by atoms with Crippen LogP contribution in [0.3, 0.4) is 0 Å². The van der Waals surface area contributed by atoms with E-state index in [1.807, 2.05) is 36.9 Å². The summed E-state index contributed by atoms with van der Waals surface area (Å²) >= 11 is 0.567. The van der Waals surface area contributed by atoms with Crippen LogP contribution >= 0.6 is 11.8 Å². The van der Waals surface area contributed by atoms with E-state index in [2.05, 4.69) is 70.5 Å². The first-order chi connectivity index (χ1) is 18.0. The number of amides is 1. The van der Waals surface area contributed by atoms with Crippen molar-refractivity contribution in [3.05, 3.63) is 101 Å². The van der Waals surface area contributed by atoms with Crippen LogP contribution in [0.15, 0.2) is 83.4 Å². The second-order valence-electron chi connectivity index (χ2n) is 9.49. The van der Waals surface area contributed by atoms with Crippen molar-refractivity contribution in [2.45, 2.75) is 37.4 Å². The highest BCUT2D eigenvalue weighted by Crippen LogP contribution is 2.48. The van der Waals surface area contributed by atoms with Crippen LogP contribution in [0.2, 0.25) is 0 Å². The average Bonchev–Trinajstić information content (AvgIpc) is 3.65. The van der Waals surface area contributed by atoms with Gasteiger partial charge in [-0.05, 0) is 54.2 Å². The lowest BCUT2D eigenvalue weighted by molar-refractivity contribution is -0.121. The molecule has 1 atom stereocenters. The topological polar surface area (TPSA) is 78.2 Å². The Morgan fingerprint density at radius 3 is 2.24 bits per heavy atom. The predicted octanol–water partition coefficient (Wildman–Crippen LogP) is 6.23. The fraction of sp³-hybridized carbons (Fsp3) is 0.267. The summed E-state index contributed by atoms with van der Waals surface area (Å²) in [6.45, 7) is 2.01. The second kappa shape index (κ2) is 11.2. The molecule has 7 heteroatoms. The van der Waals surface area contributed by atoms with E-state index in [1.54, 1.807) is 0 Å². The number of aryl methyl sites for hydroxylation is 1. The number of hydrogen-bond donors (Lipinski definition) is 1. The fourth-order valence-electron chi connectivity index (χ4n) is 4.64. The van der Waals surface area contributed by atoms with Crippen molar-refractivity contribution in [2.24, 2.45) is 0 Å². The molecule has 190 valence electrons. The summed E-state index contributed by atoms with van der Waals surface area (Å²) in [4.78, 5) is 12.5. The van der Waals surface area contributed by atoms with Crippen molar-refractivity contribution in [3.8, 4) is 22.5 Å². The van der Waals surface area contributed by atoms with E-state index in [9.17, 15) is 9.35 Å². The van der Waals surface area contributed by atoms with Gasteiger partial charge in [-0.15, -0.1) is 0 Å². The smallest absolute Gasteiger partial charge is 0.271 e. The number of nitrogens with zero attached hydrogens (tertiary/aromatic N) is 1. The molecule has 3 aromatic carbocycles. The quantitative estimate of drug-likeness (QED) is 0.194. The van der Waals surface area contributed by atoms with Crippen molar-refractivity contribution in [1.29, 1.82) is 0 Å². The summed E-state index contributed by atoms with van der Waals surface area (Å²) < 4.78 is 19.7. The van der Waals surface area contributed by atoms with Crippen LogP contribution in [-0.4, -0.2) is 27.6 Å². The molecule has 37 heavy (non-hydrogen) atoms. The lowest BCUT2D eigenvalue weighted by atomic mass is 9.93. The Bertz CT molecular complexity index is 1350. The molecule has 1 amide bonds. The highest BCUT2D eigenvalue weighted by molar-refractivity contribution is 7.98. The summed E-state index contributed by atoms with van der Waals surface area (Å²) in [5.74, 6) is 2.69. The van der Waals surface area contributed by atoms with Gasteiger partial charge < -0.3 is 9.08 Å². The summed E-state index contributed by atoms with van der Waals surface area (Å²) in [5.41, 5.74) is 7.08. The lowest BCUT2D eigenvalue weighted by Gasteiger charge is -2.16. The third-order valence-corrected chi connectivity index (χ3v) is 8.43. The number of aromatic nitrogens is 1. The van der Waals surface area contributed by atoms with E-state index >= 15 is 0 Å². The number of rotatable bonds is 10. The molecule has 1 saturated carbocycles. The van der Waals surface area contributed by atoms with Crippen molar-refractivity contribution < 1.29 is 13.9 Å². The first kappa shape index (κ1) is 25.6. The molecule has 1 aromatic heterocycles. The monoisotopic (exact) mass is 530 g/mol. The van der Waals surface area contributed by atoms with Crippen LogP contribution in [0.25, 0.3) is 22.5 Å². The van der Waals surface area contributed by atoms with Gasteiger partial charge in [0.1, 0.15) is 6.26 Å². The highest BCUT2D eigenvalue weighted by atomic mass is 32.2. The van der Waals surface area contributed by atoms with Gasteiger partial charge in [0, 0.05) is 16.9 Å². The Kier molecular flexibility index (Phi) is 7.74. The molecule has 4 aromatic rings. The van der Waals surface area contributed by atoms with Gasteiger partial charge in [0.15, 0.2) is 5.76 Å². The van der Waals surface area contributed by atoms with Gasteiger partial charge in [-0.25, -0.2) is 0 Å². The number of thioether (sulfide) groups is 1. The number of benzene rings is 3. The maximum atomic E-state index is 12.5. The molecular weight excluding hydrogens is 500 g/mol. The van der Waals surface area contributed by atoms with Gasteiger partial charge in [0.2, 0.25) is 0 Å². The standard InChI is InChI=1S/C30H30N2O3S2/c1-21-27(16-19-36-20-22-6-4-3-5-7-22)28(35-31-21)25-10-8-23(9-11-25)24-12-14-26(15-13-24)30(17-18-30)29(33)32-37(2)34/h3-15H,16-20H2,1-2H3,(H,32,33). The molecule has 5 nitrogen and oxygen atoms in total. The SMILES string of the molecule is Cc1noc(-c2ccc(-c3ccc(C4(C(=O)N[S+](C)[O-])CC4)cc3)cc2)c1CCSCc1ccccc1. The van der Waals surface area contributed by atoms with Gasteiger partial charge in [-0.3, -0.25) is 4.79 Å². The minimum Gasteiger partial charge on any atom is -0.593 e. The zero-order chi connectivity index (χ0) is 25.8. The third-order valence-electron chi connectivity index (χ3n) is 6.93. The Hall–Kier alpha value is -3.00. The Balaban J connectivity index is 1.25. The van der Waals surface area contributed by atoms with Crippen LogP contribution < -0.4 is 4.72 Å². The van der Waals surface area contributed by atoms with E-state index in [-0.39, 0.29) is 5.91 Å². The maximum absolute atomic E-state index is 12.5. The van der Waals surface area contributed by atoms with Crippen molar-refractivity contribution in [2.75, 3.05) is 12.0 Å². The van der Waals surface area contributed by atoms with Crippen molar-refractivity contribution in [3.63, 3.8) is 0 Å². The van der Waals surface area contributed by atoms with Gasteiger partial charge in [0.25, 0.3) is 5.91 Å². The maximum Gasteiger partial charge on any atom is 0.271 e. The van der Waals surface area contributed by atoms with E-state index in [1.165, 1.54) is 17.4 Å². The average molecular weight is 531 g/mol. The molecule has 0 radical (unpaired) electrons. The van der Waals surface area contributed by atoms with Gasteiger partial charge in [-0.2, -0.15) is 16.5 Å². The minimum absolute atomic E-state index is 0.151. The molecule has 1 aliphatic carbocycles. The van der Waals surface area contributed by atoms with Gasteiger partial charge >= 0.3 is 0 Å². The number of carbonyl (C=O) groups is 1. The van der Waals surface area contributed by atoms with Gasteiger partial charge in [-0.1, -0.05) is 84.0 Å². The minimum atomic E-state index is -1.35. The molecule has 1 heterocycles. The fourth-order valence-corrected chi connectivity index (χ4v) is 6.02. The normalized spacial score (nSPS) is 14.8. The van der Waals surface area contributed by atoms with Crippen LogP contribution in [0.1, 0.15) is 35.2 Å². The van der Waals surface area contributed by atoms with Crippen LogP contribution in [0.4, 0.5) is 0 Å². The third kappa shape index (κ3) is 5.79. The van der Waals surface area contributed by atoms with E-state index in [4.69, 9.17) is 4.52 Å². The first-order valence-electron chi connectivity index (χ1n) is 12.4. The molecule has 1 unspecified atom stereocenters. The predicted molar refractivity (Wildman–Crippen MR) is 152 cm³/mol. The molecule has 0 bridgehead atoms. The van der Waals surface area contributed by atoms with Crippen molar-refractivity contribution >= 4 is 29.0 Å². The van der Waals surface area contributed by atoms with Gasteiger partial charge in [0.05, 0.1) is 22.5 Å². The van der Waals surface area contributed by atoms with E-state index in [0.29, 0.717) is 0 Å². The molecule has 1 fully saturated rings. The highest BCUT2D eigenvalue weighted by Gasteiger charge is 2.52. The molecular formula is C30H30N2O3S2. The molecule has 5 rings (SSSR count). The van der Waals surface area contributed by atoms with E-state index in [0.717, 1.165) is 64.5 Å². The molecule has 0 saturated heterocycles. The van der Waals surface area contributed by atoms with Crippen LogP contribution in [0.5, 0.6) is 0 Å². The molecule has 0 spiro atoms. The number of hydrogen-bond acceptors (Lipinski definition) is 5. The summed E-state index contributed by atoms with van der Waals surface area (Å²) in [7, 11) is 0. The van der Waals surface area contributed by atoms with E-state index < -0.39 is 16.8 Å². The molecule has 0 aliphatic heterocycles. The summed E-state index contributed by atoms with van der Waals surface area (Å²) in [6, 6.07) is 27.0.